The van der Waals surface area contributed by atoms with Crippen molar-refractivity contribution in [3.8, 4) is 10.8 Å². The summed E-state index contributed by atoms with van der Waals surface area (Å²) in [5, 5.41) is 6.33. The lowest BCUT2D eigenvalue weighted by Crippen LogP contribution is -2.26. The van der Waals surface area contributed by atoms with E-state index in [1.54, 1.807) is 6.20 Å². The molecule has 0 aliphatic carbocycles. The van der Waals surface area contributed by atoms with Gasteiger partial charge in [0.1, 0.15) is 5.69 Å². The van der Waals surface area contributed by atoms with E-state index in [0.717, 1.165) is 16.3 Å². The number of fused-ring (bicyclic) bond motifs is 1. The van der Waals surface area contributed by atoms with Gasteiger partial charge in [0.05, 0.1) is 0 Å². The number of aromatic amines is 1. The Bertz CT molecular complexity index is 842. The molecule has 2 N–H and O–H groups in total. The van der Waals surface area contributed by atoms with Crippen LogP contribution < -0.4 is 5.32 Å². The van der Waals surface area contributed by atoms with Crippen LogP contribution in [0.4, 0.5) is 0 Å². The molecule has 1 amide bonds. The van der Waals surface area contributed by atoms with Gasteiger partial charge in [0.25, 0.3) is 5.91 Å². The van der Waals surface area contributed by atoms with Crippen LogP contribution in [0.2, 0.25) is 5.02 Å². The summed E-state index contributed by atoms with van der Waals surface area (Å²) in [6, 6.07) is 7.75. The third-order valence-corrected chi connectivity index (χ3v) is 4.96. The van der Waals surface area contributed by atoms with Crippen molar-refractivity contribution >= 4 is 28.8 Å². The van der Waals surface area contributed by atoms with Gasteiger partial charge in [-0.25, -0.2) is 9.97 Å². The number of nitrogens with zero attached hydrogens (tertiary/aromatic N) is 2. The first-order valence-electron chi connectivity index (χ1n) is 7.23. The summed E-state index contributed by atoms with van der Waals surface area (Å²) in [5.41, 5.74) is 2.46. The maximum absolute atomic E-state index is 12.3. The van der Waals surface area contributed by atoms with Crippen LogP contribution in [0.1, 0.15) is 27.7 Å². The minimum Gasteiger partial charge on any atom is -0.350 e. The van der Waals surface area contributed by atoms with Gasteiger partial charge in [-0.15, -0.1) is 11.3 Å². The average Bonchev–Trinajstić information content (AvgIpc) is 3.19. The smallest absolute Gasteiger partial charge is 0.271 e. The second kappa shape index (κ2) is 5.79. The van der Waals surface area contributed by atoms with Gasteiger partial charge in [-0.3, -0.25) is 4.79 Å². The van der Waals surface area contributed by atoms with Crippen molar-refractivity contribution in [1.82, 2.24) is 20.3 Å². The maximum atomic E-state index is 12.3. The number of aromatic nitrogens is 3. The summed E-state index contributed by atoms with van der Waals surface area (Å²) in [7, 11) is 0. The Labute approximate surface area is 141 Å². The fourth-order valence-corrected chi connectivity index (χ4v) is 3.48. The zero-order valence-electron chi connectivity index (χ0n) is 12.0. The molecule has 1 unspecified atom stereocenters. The third kappa shape index (κ3) is 2.75. The highest BCUT2D eigenvalue weighted by molar-refractivity contribution is 7.13. The van der Waals surface area contributed by atoms with E-state index in [-0.39, 0.29) is 11.8 Å². The Balaban J connectivity index is 1.69. The van der Waals surface area contributed by atoms with Crippen LogP contribution in [0.25, 0.3) is 10.8 Å². The van der Waals surface area contributed by atoms with Crippen molar-refractivity contribution in [1.29, 1.82) is 0 Å². The average molecular weight is 345 g/mol. The molecule has 7 heteroatoms. The fourth-order valence-electron chi connectivity index (χ4n) is 2.78. The van der Waals surface area contributed by atoms with Crippen LogP contribution >= 0.6 is 22.9 Å². The number of hydrogen-bond acceptors (Lipinski definition) is 4. The summed E-state index contributed by atoms with van der Waals surface area (Å²) < 4.78 is 0. The van der Waals surface area contributed by atoms with E-state index in [2.05, 4.69) is 20.3 Å². The van der Waals surface area contributed by atoms with Crippen LogP contribution in [0.5, 0.6) is 0 Å². The van der Waals surface area contributed by atoms with Gasteiger partial charge < -0.3 is 10.3 Å². The van der Waals surface area contributed by atoms with Crippen molar-refractivity contribution in [3.63, 3.8) is 0 Å². The van der Waals surface area contributed by atoms with Gasteiger partial charge >= 0.3 is 0 Å². The summed E-state index contributed by atoms with van der Waals surface area (Å²) in [6.07, 6.45) is 2.44. The molecule has 5 nitrogen and oxygen atoms in total. The predicted octanol–water partition coefficient (Wildman–Crippen LogP) is 3.26. The highest BCUT2D eigenvalue weighted by atomic mass is 35.5. The van der Waals surface area contributed by atoms with Crippen molar-refractivity contribution < 1.29 is 4.79 Å². The van der Waals surface area contributed by atoms with Crippen molar-refractivity contribution in [2.75, 3.05) is 6.54 Å². The minimum atomic E-state index is -0.143. The number of benzene rings is 1. The Hall–Kier alpha value is -2.18. The van der Waals surface area contributed by atoms with E-state index < -0.39 is 0 Å². The zero-order valence-corrected chi connectivity index (χ0v) is 13.6. The molecular formula is C16H13ClN4OS. The number of nitrogens with one attached hydrogen (secondary N) is 2. The second-order valence-electron chi connectivity index (χ2n) is 5.41. The molecule has 4 rings (SSSR count). The van der Waals surface area contributed by atoms with E-state index in [0.29, 0.717) is 29.5 Å². The molecular weight excluding hydrogens is 332 g/mol. The van der Waals surface area contributed by atoms with E-state index >= 15 is 0 Å². The lowest BCUT2D eigenvalue weighted by Gasteiger charge is -2.14. The largest absolute Gasteiger partial charge is 0.350 e. The number of imidazole rings is 1. The Morgan fingerprint density at radius 2 is 2.09 bits per heavy atom. The van der Waals surface area contributed by atoms with Gasteiger partial charge in [0.15, 0.2) is 10.8 Å². The number of H-pyrrole nitrogens is 1. The Morgan fingerprint density at radius 3 is 2.83 bits per heavy atom. The third-order valence-electron chi connectivity index (χ3n) is 3.93. The molecule has 3 aromatic rings. The maximum Gasteiger partial charge on any atom is 0.271 e. The molecule has 0 saturated carbocycles. The summed E-state index contributed by atoms with van der Waals surface area (Å²) in [6.45, 7) is 0.581. The number of rotatable bonds is 2. The SMILES string of the molecule is O=C1NCC(c2ccc(Cl)cc2)Cc2[nH]c(-c3nccs3)nc21. The second-order valence-corrected chi connectivity index (χ2v) is 6.74. The monoisotopic (exact) mass is 344 g/mol. The highest BCUT2D eigenvalue weighted by Crippen LogP contribution is 2.28. The highest BCUT2D eigenvalue weighted by Gasteiger charge is 2.26. The van der Waals surface area contributed by atoms with Crippen LogP contribution in [-0.2, 0) is 6.42 Å². The lowest BCUT2D eigenvalue weighted by molar-refractivity contribution is 0.0950. The molecule has 0 radical (unpaired) electrons. The molecule has 0 saturated heterocycles. The van der Waals surface area contributed by atoms with E-state index in [4.69, 9.17) is 11.6 Å². The van der Waals surface area contributed by atoms with Crippen LogP contribution in [0.3, 0.4) is 0 Å². The topological polar surface area (TPSA) is 70.7 Å². The number of amides is 1. The molecule has 0 fully saturated rings. The van der Waals surface area contributed by atoms with E-state index in [9.17, 15) is 4.79 Å². The van der Waals surface area contributed by atoms with E-state index in [1.165, 1.54) is 11.3 Å². The number of carbonyl (C=O) groups excluding carboxylic acids is 1. The number of hydrogen-bond donors (Lipinski definition) is 2. The van der Waals surface area contributed by atoms with Crippen molar-refractivity contribution in [2.24, 2.45) is 0 Å². The molecule has 0 spiro atoms. The van der Waals surface area contributed by atoms with Gasteiger partial charge in [-0.2, -0.15) is 0 Å². The molecule has 0 bridgehead atoms. The van der Waals surface area contributed by atoms with Gasteiger partial charge in [0, 0.05) is 34.8 Å². The number of carbonyl (C=O) groups is 1. The lowest BCUT2D eigenvalue weighted by atomic mass is 9.94. The first-order valence-corrected chi connectivity index (χ1v) is 8.49. The van der Waals surface area contributed by atoms with E-state index in [1.807, 2.05) is 29.6 Å². The fraction of sp³-hybridized carbons (Fsp3) is 0.188. The van der Waals surface area contributed by atoms with Crippen molar-refractivity contribution in [2.45, 2.75) is 12.3 Å². The normalized spacial score (nSPS) is 17.4. The molecule has 1 atom stereocenters. The summed E-state index contributed by atoms with van der Waals surface area (Å²) in [4.78, 5) is 24.2. The van der Waals surface area contributed by atoms with Crippen molar-refractivity contribution in [3.05, 3.63) is 57.8 Å². The molecule has 2 aromatic heterocycles. The standard InChI is InChI=1S/C16H13ClN4OS/c17-11-3-1-9(2-4-11)10-7-12-13(15(22)19-8-10)21-14(20-12)16-18-5-6-23-16/h1-6,10H,7-8H2,(H,19,22)(H,20,21). The van der Waals surface area contributed by atoms with Crippen LogP contribution in [0, 0.1) is 0 Å². The molecule has 23 heavy (non-hydrogen) atoms. The number of halogens is 1. The first kappa shape index (κ1) is 14.4. The molecule has 1 aliphatic heterocycles. The minimum absolute atomic E-state index is 0.143. The number of thiazole rings is 1. The molecule has 1 aliphatic rings. The van der Waals surface area contributed by atoms with Crippen LogP contribution in [0.15, 0.2) is 35.8 Å². The summed E-state index contributed by atoms with van der Waals surface area (Å²) >= 11 is 7.45. The van der Waals surface area contributed by atoms with Gasteiger partial charge in [0.2, 0.25) is 0 Å². The Morgan fingerprint density at radius 1 is 1.26 bits per heavy atom. The molecule has 116 valence electrons. The molecule has 3 heterocycles. The first-order chi connectivity index (χ1) is 11.2. The predicted molar refractivity (Wildman–Crippen MR) is 89.9 cm³/mol. The quantitative estimate of drug-likeness (QED) is 0.749. The van der Waals surface area contributed by atoms with Gasteiger partial charge in [-0.05, 0) is 24.1 Å². The summed E-state index contributed by atoms with van der Waals surface area (Å²) in [5.74, 6) is 0.689. The van der Waals surface area contributed by atoms with Crippen LogP contribution in [-0.4, -0.2) is 27.4 Å². The zero-order chi connectivity index (χ0) is 15.8. The molecule has 1 aromatic carbocycles. The van der Waals surface area contributed by atoms with Gasteiger partial charge in [-0.1, -0.05) is 23.7 Å². The Kier molecular flexibility index (Phi) is 3.63.